The number of nitrogens with one attached hydrogen (secondary N) is 1. The van der Waals surface area contributed by atoms with E-state index in [9.17, 15) is 9.59 Å². The highest BCUT2D eigenvalue weighted by atomic mass is 16.2. The summed E-state index contributed by atoms with van der Waals surface area (Å²) in [4.78, 5) is 24.8. The van der Waals surface area contributed by atoms with Gasteiger partial charge < -0.3 is 16.0 Å². The van der Waals surface area contributed by atoms with Crippen molar-refractivity contribution in [2.45, 2.75) is 32.1 Å². The van der Waals surface area contributed by atoms with Crippen LogP contribution in [-0.2, 0) is 9.59 Å². The van der Waals surface area contributed by atoms with Crippen LogP contribution < -0.4 is 11.1 Å². The van der Waals surface area contributed by atoms with E-state index in [1.165, 1.54) is 0 Å². The van der Waals surface area contributed by atoms with Crippen molar-refractivity contribution in [3.8, 4) is 0 Å². The zero-order valence-electron chi connectivity index (χ0n) is 9.71. The van der Waals surface area contributed by atoms with Crippen LogP contribution in [0.3, 0.4) is 0 Å². The molecule has 1 heterocycles. The van der Waals surface area contributed by atoms with Crippen LogP contribution in [0.25, 0.3) is 0 Å². The molecule has 2 amide bonds. The van der Waals surface area contributed by atoms with Gasteiger partial charge in [-0.15, -0.1) is 0 Å². The van der Waals surface area contributed by atoms with Crippen LogP contribution >= 0.6 is 0 Å². The standard InChI is InChI=1S/C11H21N3O2/c12-6-4-7-13-10(15)9-14-8-3-1-2-5-11(14)16/h1-9,12H2,(H,13,15). The molecule has 16 heavy (non-hydrogen) atoms. The van der Waals surface area contributed by atoms with Crippen molar-refractivity contribution in [3.63, 3.8) is 0 Å². The van der Waals surface area contributed by atoms with Gasteiger partial charge in [0, 0.05) is 19.5 Å². The van der Waals surface area contributed by atoms with Gasteiger partial charge in [0.05, 0.1) is 6.54 Å². The Morgan fingerprint density at radius 3 is 2.94 bits per heavy atom. The van der Waals surface area contributed by atoms with E-state index >= 15 is 0 Å². The molecular formula is C11H21N3O2. The number of amides is 2. The first-order valence-electron chi connectivity index (χ1n) is 5.98. The SMILES string of the molecule is NCCCNC(=O)CN1CCCCCC1=O. The van der Waals surface area contributed by atoms with E-state index in [-0.39, 0.29) is 18.4 Å². The molecule has 92 valence electrons. The minimum absolute atomic E-state index is 0.0799. The van der Waals surface area contributed by atoms with Crippen molar-refractivity contribution in [1.82, 2.24) is 10.2 Å². The van der Waals surface area contributed by atoms with Gasteiger partial charge in [0.15, 0.2) is 0 Å². The average Bonchev–Trinajstić information content (AvgIpc) is 2.45. The van der Waals surface area contributed by atoms with Gasteiger partial charge in [-0.1, -0.05) is 6.42 Å². The number of carbonyl (C=O) groups excluding carboxylic acids is 2. The summed E-state index contributed by atoms with van der Waals surface area (Å²) in [6, 6.07) is 0. The smallest absolute Gasteiger partial charge is 0.239 e. The third kappa shape index (κ3) is 4.61. The Bertz CT molecular complexity index is 243. The molecule has 0 aromatic heterocycles. The number of hydrogen-bond acceptors (Lipinski definition) is 3. The van der Waals surface area contributed by atoms with E-state index < -0.39 is 0 Å². The first kappa shape index (κ1) is 13.0. The van der Waals surface area contributed by atoms with Gasteiger partial charge in [0.2, 0.25) is 11.8 Å². The molecule has 3 N–H and O–H groups in total. The Labute approximate surface area is 96.4 Å². The predicted molar refractivity (Wildman–Crippen MR) is 61.7 cm³/mol. The van der Waals surface area contributed by atoms with Gasteiger partial charge in [-0.05, 0) is 25.8 Å². The molecule has 0 radical (unpaired) electrons. The van der Waals surface area contributed by atoms with Gasteiger partial charge in [-0.2, -0.15) is 0 Å². The molecule has 0 aromatic rings. The number of nitrogens with two attached hydrogens (primary N) is 1. The predicted octanol–water partition coefficient (Wildman–Crippen LogP) is -0.146. The first-order valence-corrected chi connectivity index (χ1v) is 5.98. The second-order valence-corrected chi connectivity index (χ2v) is 4.12. The van der Waals surface area contributed by atoms with E-state index in [1.54, 1.807) is 4.90 Å². The molecule has 0 aromatic carbocycles. The third-order valence-electron chi connectivity index (χ3n) is 2.71. The van der Waals surface area contributed by atoms with Crippen molar-refractivity contribution in [3.05, 3.63) is 0 Å². The average molecular weight is 227 g/mol. The molecule has 0 bridgehead atoms. The Balaban J connectivity index is 2.27. The maximum Gasteiger partial charge on any atom is 0.239 e. The highest BCUT2D eigenvalue weighted by Crippen LogP contribution is 2.10. The molecule has 0 aliphatic carbocycles. The lowest BCUT2D eigenvalue weighted by Gasteiger charge is -2.19. The van der Waals surface area contributed by atoms with Gasteiger partial charge in [0.25, 0.3) is 0 Å². The maximum atomic E-state index is 11.6. The van der Waals surface area contributed by atoms with Gasteiger partial charge >= 0.3 is 0 Å². The monoisotopic (exact) mass is 227 g/mol. The van der Waals surface area contributed by atoms with Crippen molar-refractivity contribution >= 4 is 11.8 Å². The van der Waals surface area contributed by atoms with Gasteiger partial charge in [0.1, 0.15) is 0 Å². The van der Waals surface area contributed by atoms with E-state index in [4.69, 9.17) is 5.73 Å². The quantitative estimate of drug-likeness (QED) is 0.642. The molecule has 5 heteroatoms. The lowest BCUT2D eigenvalue weighted by molar-refractivity contribution is -0.135. The van der Waals surface area contributed by atoms with Crippen LogP contribution in [0.15, 0.2) is 0 Å². The summed E-state index contributed by atoms with van der Waals surface area (Å²) >= 11 is 0. The van der Waals surface area contributed by atoms with Crippen LogP contribution in [-0.4, -0.2) is 42.9 Å². The Hall–Kier alpha value is -1.10. The highest BCUT2D eigenvalue weighted by molar-refractivity contribution is 5.84. The van der Waals surface area contributed by atoms with Gasteiger partial charge in [-0.25, -0.2) is 0 Å². The Morgan fingerprint density at radius 2 is 2.19 bits per heavy atom. The van der Waals surface area contributed by atoms with Crippen LogP contribution in [0.4, 0.5) is 0 Å². The molecule has 1 rings (SSSR count). The number of carbonyl (C=O) groups is 2. The van der Waals surface area contributed by atoms with E-state index in [0.717, 1.165) is 25.7 Å². The number of hydrogen-bond donors (Lipinski definition) is 2. The van der Waals surface area contributed by atoms with Crippen molar-refractivity contribution in [1.29, 1.82) is 0 Å². The summed E-state index contributed by atoms with van der Waals surface area (Å²) in [5, 5.41) is 2.76. The Morgan fingerprint density at radius 1 is 1.38 bits per heavy atom. The minimum atomic E-state index is -0.0799. The van der Waals surface area contributed by atoms with Crippen molar-refractivity contribution in [2.75, 3.05) is 26.2 Å². The third-order valence-corrected chi connectivity index (χ3v) is 2.71. The lowest BCUT2D eigenvalue weighted by Crippen LogP contribution is -2.40. The lowest BCUT2D eigenvalue weighted by atomic mass is 10.2. The summed E-state index contributed by atoms with van der Waals surface area (Å²) in [5.41, 5.74) is 5.33. The highest BCUT2D eigenvalue weighted by Gasteiger charge is 2.18. The van der Waals surface area contributed by atoms with Crippen LogP contribution in [0.2, 0.25) is 0 Å². The maximum absolute atomic E-state index is 11.6. The molecule has 1 saturated heterocycles. The molecule has 0 atom stereocenters. The Kier molecular flexibility index (Phi) is 5.85. The summed E-state index contributed by atoms with van der Waals surface area (Å²) in [6.45, 7) is 2.08. The first-order chi connectivity index (χ1) is 7.74. The molecule has 0 spiro atoms. The van der Waals surface area contributed by atoms with Crippen molar-refractivity contribution < 1.29 is 9.59 Å². The second kappa shape index (κ2) is 7.22. The number of likely N-dealkylation sites (tertiary alicyclic amines) is 1. The fraction of sp³-hybridized carbons (Fsp3) is 0.818. The topological polar surface area (TPSA) is 75.4 Å². The van der Waals surface area contributed by atoms with E-state index in [2.05, 4.69) is 5.32 Å². The molecule has 1 aliphatic rings. The minimum Gasteiger partial charge on any atom is -0.355 e. The van der Waals surface area contributed by atoms with Crippen LogP contribution in [0.1, 0.15) is 32.1 Å². The van der Waals surface area contributed by atoms with E-state index in [1.807, 2.05) is 0 Å². The molecule has 0 unspecified atom stereocenters. The molecule has 1 aliphatic heterocycles. The van der Waals surface area contributed by atoms with Crippen LogP contribution in [0, 0.1) is 0 Å². The summed E-state index contributed by atoms with van der Waals surface area (Å²) in [6.07, 6.45) is 4.39. The van der Waals surface area contributed by atoms with Crippen molar-refractivity contribution in [2.24, 2.45) is 5.73 Å². The normalized spacial score (nSPS) is 17.1. The molecular weight excluding hydrogens is 206 g/mol. The molecule has 0 saturated carbocycles. The zero-order valence-corrected chi connectivity index (χ0v) is 9.71. The summed E-state index contributed by atoms with van der Waals surface area (Å²) < 4.78 is 0. The molecule has 5 nitrogen and oxygen atoms in total. The largest absolute Gasteiger partial charge is 0.355 e. The van der Waals surface area contributed by atoms with E-state index in [0.29, 0.717) is 26.1 Å². The van der Waals surface area contributed by atoms with Gasteiger partial charge in [-0.3, -0.25) is 9.59 Å². The summed E-state index contributed by atoms with van der Waals surface area (Å²) in [7, 11) is 0. The fourth-order valence-corrected chi connectivity index (χ4v) is 1.76. The summed E-state index contributed by atoms with van der Waals surface area (Å²) in [5.74, 6) is 0.0233. The number of rotatable bonds is 5. The van der Waals surface area contributed by atoms with Crippen LogP contribution in [0.5, 0.6) is 0 Å². The molecule has 1 fully saturated rings. The fourth-order valence-electron chi connectivity index (χ4n) is 1.76. The zero-order chi connectivity index (χ0) is 11.8. The second-order valence-electron chi connectivity index (χ2n) is 4.12. The number of nitrogens with zero attached hydrogens (tertiary/aromatic N) is 1.